The van der Waals surface area contributed by atoms with Gasteiger partial charge in [0.2, 0.25) is 0 Å². The molecule has 1 aliphatic carbocycles. The molecule has 17 heavy (non-hydrogen) atoms. The van der Waals surface area contributed by atoms with E-state index in [0.29, 0.717) is 5.41 Å². The normalized spacial score (nSPS) is 25.8. The van der Waals surface area contributed by atoms with E-state index in [1.807, 2.05) is 0 Å². The maximum absolute atomic E-state index is 2.39. The molecule has 94 valence electrons. The second-order valence-corrected chi connectivity index (χ2v) is 7.64. The lowest BCUT2D eigenvalue weighted by molar-refractivity contribution is 0.182. The molecule has 0 spiro atoms. The molecule has 0 unspecified atom stereocenters. The van der Waals surface area contributed by atoms with Gasteiger partial charge in [-0.2, -0.15) is 0 Å². The Morgan fingerprint density at radius 1 is 0.941 bits per heavy atom. The van der Waals surface area contributed by atoms with E-state index in [2.05, 4.69) is 62.9 Å². The molecule has 0 nitrogen and oxygen atoms in total. The molecule has 1 fully saturated rings. The molecule has 0 amide bonds. The van der Waals surface area contributed by atoms with Crippen LogP contribution in [-0.2, 0) is 0 Å². The third-order valence-electron chi connectivity index (χ3n) is 3.94. The second kappa shape index (κ2) is 5.48. The van der Waals surface area contributed by atoms with Crippen molar-refractivity contribution in [2.75, 3.05) is 0 Å². The van der Waals surface area contributed by atoms with Crippen LogP contribution in [0.4, 0.5) is 0 Å². The highest BCUT2D eigenvalue weighted by Crippen LogP contribution is 2.42. The lowest BCUT2D eigenvalue weighted by Gasteiger charge is -2.36. The lowest BCUT2D eigenvalue weighted by Crippen LogP contribution is -2.26. The number of benzene rings is 1. The standard InChI is InChI=1S/C16H24S/c1-16(2,3)13-9-11-15(12-10-13)17-14-7-5-4-6-8-14/h4-8,13,15H,9-12H2,1-3H3. The predicted octanol–water partition coefficient (Wildman–Crippen LogP) is 5.38. The Morgan fingerprint density at radius 3 is 2.06 bits per heavy atom. The van der Waals surface area contributed by atoms with Gasteiger partial charge in [-0.1, -0.05) is 39.0 Å². The first kappa shape index (κ1) is 13.0. The summed E-state index contributed by atoms with van der Waals surface area (Å²) in [6, 6.07) is 10.9. The first-order valence-corrected chi connectivity index (χ1v) is 7.65. The van der Waals surface area contributed by atoms with Gasteiger partial charge in [0.15, 0.2) is 0 Å². The Balaban J connectivity index is 1.84. The zero-order chi connectivity index (χ0) is 12.3. The highest BCUT2D eigenvalue weighted by atomic mass is 32.2. The summed E-state index contributed by atoms with van der Waals surface area (Å²) in [5.74, 6) is 0.926. The van der Waals surface area contributed by atoms with E-state index in [-0.39, 0.29) is 0 Å². The summed E-state index contributed by atoms with van der Waals surface area (Å²) >= 11 is 2.08. The first-order chi connectivity index (χ1) is 8.05. The largest absolute Gasteiger partial charge is 0.123 e. The van der Waals surface area contributed by atoms with Gasteiger partial charge in [0, 0.05) is 10.1 Å². The van der Waals surface area contributed by atoms with Crippen molar-refractivity contribution in [1.82, 2.24) is 0 Å². The second-order valence-electron chi connectivity index (χ2n) is 6.27. The maximum atomic E-state index is 2.39. The molecule has 0 aromatic heterocycles. The van der Waals surface area contributed by atoms with E-state index in [1.165, 1.54) is 30.6 Å². The fourth-order valence-electron chi connectivity index (χ4n) is 2.74. The highest BCUT2D eigenvalue weighted by molar-refractivity contribution is 8.00. The molecular weight excluding hydrogens is 224 g/mol. The zero-order valence-electron chi connectivity index (χ0n) is 11.3. The van der Waals surface area contributed by atoms with E-state index < -0.39 is 0 Å². The van der Waals surface area contributed by atoms with Crippen LogP contribution in [-0.4, -0.2) is 5.25 Å². The molecule has 1 aromatic rings. The predicted molar refractivity (Wildman–Crippen MR) is 77.5 cm³/mol. The zero-order valence-corrected chi connectivity index (χ0v) is 12.1. The van der Waals surface area contributed by atoms with Crippen molar-refractivity contribution in [3.8, 4) is 0 Å². The molecular formula is C16H24S. The topological polar surface area (TPSA) is 0 Å². The SMILES string of the molecule is CC(C)(C)C1CCC(Sc2ccccc2)CC1. The van der Waals surface area contributed by atoms with Gasteiger partial charge in [0.25, 0.3) is 0 Å². The third kappa shape index (κ3) is 3.77. The van der Waals surface area contributed by atoms with Crippen molar-refractivity contribution < 1.29 is 0 Å². The van der Waals surface area contributed by atoms with Crippen molar-refractivity contribution in [2.45, 2.75) is 56.6 Å². The van der Waals surface area contributed by atoms with Crippen molar-refractivity contribution in [1.29, 1.82) is 0 Å². The average molecular weight is 248 g/mol. The Labute approximate surface area is 110 Å². The molecule has 0 heterocycles. The van der Waals surface area contributed by atoms with Crippen LogP contribution in [0.5, 0.6) is 0 Å². The minimum atomic E-state index is 0.502. The maximum Gasteiger partial charge on any atom is 0.00946 e. The Morgan fingerprint density at radius 2 is 1.53 bits per heavy atom. The Bertz CT molecular complexity index is 328. The molecule has 0 N–H and O–H groups in total. The lowest BCUT2D eigenvalue weighted by atomic mass is 9.72. The van der Waals surface area contributed by atoms with Crippen molar-refractivity contribution >= 4 is 11.8 Å². The van der Waals surface area contributed by atoms with Crippen molar-refractivity contribution in [3.05, 3.63) is 30.3 Å². The van der Waals surface area contributed by atoms with Crippen LogP contribution < -0.4 is 0 Å². The van der Waals surface area contributed by atoms with Crippen LogP contribution in [0.15, 0.2) is 35.2 Å². The number of hydrogen-bond acceptors (Lipinski definition) is 1. The Kier molecular flexibility index (Phi) is 4.19. The number of rotatable bonds is 2. The summed E-state index contributed by atoms with van der Waals surface area (Å²) in [6.07, 6.45) is 5.60. The third-order valence-corrected chi connectivity index (χ3v) is 5.29. The quantitative estimate of drug-likeness (QED) is 0.676. The molecule has 0 bridgehead atoms. The van der Waals surface area contributed by atoms with Crippen LogP contribution in [0.25, 0.3) is 0 Å². The monoisotopic (exact) mass is 248 g/mol. The van der Waals surface area contributed by atoms with Gasteiger partial charge in [-0.25, -0.2) is 0 Å². The van der Waals surface area contributed by atoms with E-state index >= 15 is 0 Å². The summed E-state index contributed by atoms with van der Waals surface area (Å²) in [6.45, 7) is 7.17. The molecule has 1 heteroatoms. The van der Waals surface area contributed by atoms with Crippen molar-refractivity contribution in [3.63, 3.8) is 0 Å². The summed E-state index contributed by atoms with van der Waals surface area (Å²) in [5, 5.41) is 0.844. The fraction of sp³-hybridized carbons (Fsp3) is 0.625. The van der Waals surface area contributed by atoms with Gasteiger partial charge >= 0.3 is 0 Å². The van der Waals surface area contributed by atoms with E-state index in [9.17, 15) is 0 Å². The minimum Gasteiger partial charge on any atom is -0.123 e. The van der Waals surface area contributed by atoms with Crippen molar-refractivity contribution in [2.24, 2.45) is 11.3 Å². The molecule has 2 rings (SSSR count). The summed E-state index contributed by atoms with van der Waals surface area (Å²) in [7, 11) is 0. The van der Waals surface area contributed by atoms with Crippen LogP contribution >= 0.6 is 11.8 Å². The molecule has 0 aliphatic heterocycles. The molecule has 1 aromatic carbocycles. The van der Waals surface area contributed by atoms with Crippen LogP contribution in [0.1, 0.15) is 46.5 Å². The minimum absolute atomic E-state index is 0.502. The van der Waals surface area contributed by atoms with Crippen LogP contribution in [0.2, 0.25) is 0 Å². The van der Waals surface area contributed by atoms with Gasteiger partial charge in [-0.3, -0.25) is 0 Å². The number of thioether (sulfide) groups is 1. The Hall–Kier alpha value is -0.430. The van der Waals surface area contributed by atoms with E-state index in [1.54, 1.807) is 0 Å². The van der Waals surface area contributed by atoms with Gasteiger partial charge < -0.3 is 0 Å². The molecule has 1 saturated carbocycles. The van der Waals surface area contributed by atoms with Gasteiger partial charge in [-0.05, 0) is 49.1 Å². The van der Waals surface area contributed by atoms with E-state index in [0.717, 1.165) is 11.2 Å². The molecule has 0 saturated heterocycles. The van der Waals surface area contributed by atoms with Crippen LogP contribution in [0, 0.1) is 11.3 Å². The molecule has 0 radical (unpaired) electrons. The van der Waals surface area contributed by atoms with Crippen LogP contribution in [0.3, 0.4) is 0 Å². The highest BCUT2D eigenvalue weighted by Gasteiger charge is 2.29. The van der Waals surface area contributed by atoms with Gasteiger partial charge in [-0.15, -0.1) is 11.8 Å². The molecule has 1 aliphatic rings. The summed E-state index contributed by atoms with van der Waals surface area (Å²) < 4.78 is 0. The smallest absolute Gasteiger partial charge is 0.00946 e. The first-order valence-electron chi connectivity index (χ1n) is 6.77. The van der Waals surface area contributed by atoms with E-state index in [4.69, 9.17) is 0 Å². The number of hydrogen-bond donors (Lipinski definition) is 0. The van der Waals surface area contributed by atoms with Gasteiger partial charge in [0.1, 0.15) is 0 Å². The summed E-state index contributed by atoms with van der Waals surface area (Å²) in [4.78, 5) is 1.44. The average Bonchev–Trinajstić information content (AvgIpc) is 2.30. The fourth-order valence-corrected chi connectivity index (χ4v) is 3.95. The molecule has 0 atom stereocenters. The summed E-state index contributed by atoms with van der Waals surface area (Å²) in [5.41, 5.74) is 0.502. The van der Waals surface area contributed by atoms with Gasteiger partial charge in [0.05, 0.1) is 0 Å².